The molecule has 6 atom stereocenters. The van der Waals surface area contributed by atoms with Crippen LogP contribution in [0.4, 0.5) is 13.2 Å². The molecule has 0 saturated heterocycles. The standard InChI is InChI=1S/C41H50NP3.CHF3O3S.Ru.H/c1-43-28-38(34-16-8-4-9-17-34)24-26-42-27-25-39(35-18-10-5-11-19-35)29-44(2)31-41(37-22-14-7-15-23-37)33-45(3)32-40(30-43)36-20-12-6-13-21-36;2-1(3,4)8(5,6)7;;/h4-27,38-42H,28-33H2,1-3H3;(H,5,6,7);;/q;;+1;/p+3/b26-24-,27-25-;;;. The minimum atomic E-state index is -5.84. The molecule has 292 valence electrons. The van der Waals surface area contributed by atoms with Crippen LogP contribution in [-0.4, -0.2) is 75.4 Å². The fraction of sp³-hybridized carbons (Fsp3) is 0.333. The molecule has 1 aliphatic rings. The molecule has 0 spiro atoms. The molecule has 0 bridgehead atoms. The van der Waals surface area contributed by atoms with Crippen molar-refractivity contribution in [3.8, 4) is 0 Å². The summed E-state index contributed by atoms with van der Waals surface area (Å²) >= 11 is 0. The molecule has 4 aromatic carbocycles. The van der Waals surface area contributed by atoms with Crippen molar-refractivity contribution in [2.75, 3.05) is 57.0 Å². The first-order valence-electron chi connectivity index (χ1n) is 18.1. The van der Waals surface area contributed by atoms with Crippen LogP contribution in [0.5, 0.6) is 0 Å². The van der Waals surface area contributed by atoms with Crippen molar-refractivity contribution in [3.63, 3.8) is 0 Å². The van der Waals surface area contributed by atoms with Gasteiger partial charge in [0.15, 0.2) is 0 Å². The molecule has 54 heavy (non-hydrogen) atoms. The summed E-state index contributed by atoms with van der Waals surface area (Å²) in [4.78, 5) is 0. The van der Waals surface area contributed by atoms with Gasteiger partial charge in [-0.15, -0.1) is 0 Å². The molecule has 1 heterocycles. The molecule has 6 unspecified atom stereocenters. The van der Waals surface area contributed by atoms with Gasteiger partial charge in [0, 0.05) is 31.8 Å². The number of allylic oxidation sites excluding steroid dienone is 2. The normalized spacial score (nSPS) is 25.9. The number of nitrogens with one attached hydrogen (secondary N) is 1. The van der Waals surface area contributed by atoms with Crippen LogP contribution in [0.3, 0.4) is 0 Å². The van der Waals surface area contributed by atoms with Gasteiger partial charge in [-0.1, -0.05) is 133 Å². The second-order valence-electron chi connectivity index (χ2n) is 14.2. The summed E-state index contributed by atoms with van der Waals surface area (Å²) in [5.41, 5.74) is 0.442. The summed E-state index contributed by atoms with van der Waals surface area (Å²) in [5.74, 6) is 2.19. The maximum absolute atomic E-state index is 10.7. The van der Waals surface area contributed by atoms with E-state index in [9.17, 15) is 13.2 Å². The molecule has 12 heteroatoms. The molecule has 1 radical (unpaired) electrons. The van der Waals surface area contributed by atoms with E-state index in [0.717, 1.165) is 0 Å². The quantitative estimate of drug-likeness (QED) is 0.0927. The summed E-state index contributed by atoms with van der Waals surface area (Å²) < 4.78 is 57.5. The Balaban J connectivity index is 0.000000784. The third kappa shape index (κ3) is 15.7. The Morgan fingerprint density at radius 1 is 0.537 bits per heavy atom. The molecule has 4 aromatic rings. The average Bonchev–Trinajstić information content (AvgIpc) is 3.13. The Hall–Kier alpha value is -2.23. The number of benzene rings is 4. The van der Waals surface area contributed by atoms with Crippen molar-refractivity contribution in [1.29, 1.82) is 0 Å². The Labute approximate surface area is 337 Å². The van der Waals surface area contributed by atoms with Gasteiger partial charge in [0.25, 0.3) is 0 Å². The van der Waals surface area contributed by atoms with E-state index in [0.29, 0.717) is 23.7 Å². The molecule has 2 N–H and O–H groups in total. The van der Waals surface area contributed by atoms with Gasteiger partial charge in [-0.2, -0.15) is 21.6 Å². The van der Waals surface area contributed by atoms with E-state index < -0.39 is 39.4 Å². The molecular weight excluding hydrogens is 850 g/mol. The number of halogens is 3. The van der Waals surface area contributed by atoms with Crippen LogP contribution in [0.25, 0.3) is 0 Å². The first-order valence-corrected chi connectivity index (χ1v) is 26.7. The van der Waals surface area contributed by atoms with Crippen LogP contribution in [0.2, 0.25) is 0 Å². The van der Waals surface area contributed by atoms with Gasteiger partial charge in [0.05, 0.1) is 48.8 Å². The van der Waals surface area contributed by atoms with E-state index in [4.69, 9.17) is 13.0 Å². The van der Waals surface area contributed by atoms with Gasteiger partial charge in [0.1, 0.15) is 0 Å². The van der Waals surface area contributed by atoms with E-state index in [2.05, 4.69) is 171 Å². The zero-order chi connectivity index (χ0) is 38.3. The summed E-state index contributed by atoms with van der Waals surface area (Å²) in [6.45, 7) is 7.80. The van der Waals surface area contributed by atoms with Crippen molar-refractivity contribution in [3.05, 3.63) is 168 Å². The first kappa shape index (κ1) is 46.2. The number of alkyl halides is 3. The first-order chi connectivity index (χ1) is 25.3. The second kappa shape index (κ2) is 23.1. The van der Waals surface area contributed by atoms with Crippen LogP contribution in [-0.2, 0) is 29.6 Å². The molecule has 0 aromatic heterocycles. The Bertz CT molecular complexity index is 1690. The van der Waals surface area contributed by atoms with E-state index >= 15 is 0 Å². The van der Waals surface area contributed by atoms with Crippen molar-refractivity contribution in [2.24, 2.45) is 0 Å². The molecule has 0 saturated carbocycles. The van der Waals surface area contributed by atoms with Gasteiger partial charge < -0.3 is 5.32 Å². The van der Waals surface area contributed by atoms with Gasteiger partial charge in [-0.25, -0.2) is 0 Å². The fourth-order valence-electron chi connectivity index (χ4n) is 7.14. The van der Waals surface area contributed by atoms with E-state index in [1.165, 1.54) is 48.1 Å². The predicted octanol–water partition coefficient (Wildman–Crippen LogP) is 10.4. The third-order valence-electron chi connectivity index (χ3n) is 9.66. The van der Waals surface area contributed by atoms with Crippen molar-refractivity contribution < 1.29 is 45.6 Å². The molecule has 4 nitrogen and oxygen atoms in total. The van der Waals surface area contributed by atoms with Crippen molar-refractivity contribution in [2.45, 2.75) is 29.2 Å². The number of hydrogen-bond acceptors (Lipinski definition) is 3. The predicted molar refractivity (Wildman–Crippen MR) is 229 cm³/mol. The monoisotopic (exact) mass is 905 g/mol. The topological polar surface area (TPSA) is 66.4 Å². The minimum absolute atomic E-state index is 0. The molecule has 0 aliphatic carbocycles. The van der Waals surface area contributed by atoms with E-state index in [1.807, 2.05) is 0 Å². The van der Waals surface area contributed by atoms with Gasteiger partial charge in [-0.3, -0.25) is 4.55 Å². The summed E-state index contributed by atoms with van der Waals surface area (Å²) in [7, 11) is -7.53. The van der Waals surface area contributed by atoms with Crippen LogP contribution in [0.15, 0.2) is 146 Å². The summed E-state index contributed by atoms with van der Waals surface area (Å²) in [5, 5.41) is 3.56. The molecular formula is C42H55F3NO3P3RuS+4. The van der Waals surface area contributed by atoms with Gasteiger partial charge >= 0.3 is 35.1 Å². The SMILES string of the molecule is C[PH+]1CC(c2ccccc2)/C=C\N/C=C\C(c2ccccc2)C[PH+](C)CC(c2ccccc2)C[PH+](C)CC(c2ccccc2)C1.O=S(=O)(O)C(F)(F)F.[RuH+]. The maximum atomic E-state index is 10.7. The average molecular weight is 905 g/mol. The van der Waals surface area contributed by atoms with Crippen LogP contribution >= 0.6 is 23.8 Å². The zero-order valence-corrected chi connectivity index (χ0v) is 36.8. The number of hydrogen-bond donors (Lipinski definition) is 2. The Morgan fingerprint density at radius 2 is 0.796 bits per heavy atom. The van der Waals surface area contributed by atoms with Crippen LogP contribution in [0, 0.1) is 0 Å². The summed E-state index contributed by atoms with van der Waals surface area (Å²) in [6.07, 6.45) is 17.2. The van der Waals surface area contributed by atoms with Crippen molar-refractivity contribution in [1.82, 2.24) is 5.32 Å². The van der Waals surface area contributed by atoms with Crippen molar-refractivity contribution >= 4 is 33.9 Å². The third-order valence-corrected chi connectivity index (χ3v) is 17.3. The molecule has 0 amide bonds. The van der Waals surface area contributed by atoms with Gasteiger partial charge in [0.2, 0.25) is 0 Å². The molecule has 1 aliphatic heterocycles. The summed E-state index contributed by atoms with van der Waals surface area (Å²) in [6, 6.07) is 45.3. The van der Waals surface area contributed by atoms with Crippen LogP contribution in [0.1, 0.15) is 45.9 Å². The molecule has 0 fully saturated rings. The number of rotatable bonds is 4. The Morgan fingerprint density at radius 3 is 1.07 bits per heavy atom. The zero-order valence-electron chi connectivity index (χ0n) is 31.1. The van der Waals surface area contributed by atoms with Gasteiger partial charge in [-0.05, 0) is 58.4 Å². The molecule has 5 rings (SSSR count). The van der Waals surface area contributed by atoms with E-state index in [-0.39, 0.29) is 19.5 Å². The van der Waals surface area contributed by atoms with E-state index in [1.54, 1.807) is 11.1 Å². The second-order valence-corrected chi connectivity index (χ2v) is 23.8. The fourth-order valence-corrected chi connectivity index (χ4v) is 15.4. The Kier molecular flexibility index (Phi) is 19.8. The van der Waals surface area contributed by atoms with Crippen LogP contribution < -0.4 is 5.32 Å².